The molecule has 0 N–H and O–H groups in total. The molecule has 1 aliphatic heterocycles. The van der Waals surface area contributed by atoms with E-state index < -0.39 is 8.25 Å². The summed E-state index contributed by atoms with van der Waals surface area (Å²) in [5, 5.41) is 0. The molecule has 1 rings (SSSR count). The van der Waals surface area contributed by atoms with Crippen molar-refractivity contribution in [2.45, 2.75) is 0 Å². The smallest absolute Gasteiger partial charge is 0.238 e. The van der Waals surface area contributed by atoms with Crippen LogP contribution < -0.4 is 0 Å². The summed E-state index contributed by atoms with van der Waals surface area (Å²) in [6.45, 7) is 0.398. The molecule has 0 amide bonds. The van der Waals surface area contributed by atoms with Crippen LogP contribution in [0.25, 0.3) is 0 Å². The van der Waals surface area contributed by atoms with E-state index >= 15 is 0 Å². The van der Waals surface area contributed by atoms with Crippen LogP contribution >= 0.6 is 8.25 Å². The third-order valence-corrected chi connectivity index (χ3v) is 1.17. The van der Waals surface area contributed by atoms with Crippen LogP contribution in [-0.2, 0) is 13.6 Å². The molecule has 0 bridgehead atoms. The van der Waals surface area contributed by atoms with Crippen LogP contribution in [0.1, 0.15) is 0 Å². The molecular weight excluding hydrogens is 115 g/mol. The van der Waals surface area contributed by atoms with Gasteiger partial charge in [0.25, 0.3) is 0 Å². The van der Waals surface area contributed by atoms with Crippen LogP contribution in [0.3, 0.4) is 0 Å². The molecule has 38 valence electrons. The summed E-state index contributed by atoms with van der Waals surface area (Å²) in [7, 11) is -1.83. The maximum absolute atomic E-state index is 10.1. The van der Waals surface area contributed by atoms with Crippen molar-refractivity contribution in [2.75, 3.05) is 6.61 Å². The van der Waals surface area contributed by atoms with E-state index in [1.807, 2.05) is 0 Å². The third-order valence-electron chi connectivity index (χ3n) is 0.519. The van der Waals surface area contributed by atoms with Crippen molar-refractivity contribution in [2.24, 2.45) is 0 Å². The van der Waals surface area contributed by atoms with Gasteiger partial charge in [0.2, 0.25) is 0 Å². The van der Waals surface area contributed by atoms with Gasteiger partial charge in [-0.05, 0) is 6.08 Å². The van der Waals surface area contributed by atoms with Gasteiger partial charge in [-0.2, -0.15) is 0 Å². The number of hydrogen-bond acceptors (Lipinski definition) is 3. The lowest BCUT2D eigenvalue weighted by Gasteiger charge is -1.86. The zero-order chi connectivity index (χ0) is 5.11. The zero-order valence-corrected chi connectivity index (χ0v) is 4.43. The molecule has 0 spiro atoms. The molecule has 0 radical (unpaired) electrons. The van der Waals surface area contributed by atoms with Gasteiger partial charge in [-0.1, -0.05) is 0 Å². The second kappa shape index (κ2) is 2.05. The first kappa shape index (κ1) is 4.75. The Morgan fingerprint density at radius 2 is 2.57 bits per heavy atom. The van der Waals surface area contributed by atoms with Crippen molar-refractivity contribution in [3.63, 3.8) is 0 Å². The highest BCUT2D eigenvalue weighted by atomic mass is 31.1. The van der Waals surface area contributed by atoms with Gasteiger partial charge < -0.3 is 0 Å². The van der Waals surface area contributed by atoms with E-state index in [1.165, 1.54) is 6.26 Å². The predicted molar refractivity (Wildman–Crippen MR) is 23.8 cm³/mol. The molecule has 1 heterocycles. The SMILES string of the molecule is O=[P+]1OC=CCO1. The van der Waals surface area contributed by atoms with Crippen molar-refractivity contribution in [3.8, 4) is 0 Å². The highest BCUT2D eigenvalue weighted by Gasteiger charge is 2.20. The molecule has 4 heteroatoms. The molecule has 0 aromatic heterocycles. The van der Waals surface area contributed by atoms with Gasteiger partial charge in [-0.3, -0.25) is 0 Å². The Hall–Kier alpha value is -0.400. The molecule has 0 aromatic rings. The fourth-order valence-electron chi connectivity index (χ4n) is 0.266. The van der Waals surface area contributed by atoms with Gasteiger partial charge in [0.1, 0.15) is 6.61 Å². The molecule has 3 nitrogen and oxygen atoms in total. The summed E-state index contributed by atoms with van der Waals surface area (Å²) in [5.74, 6) is 0. The predicted octanol–water partition coefficient (Wildman–Crippen LogP) is 1.20. The zero-order valence-electron chi connectivity index (χ0n) is 3.53. The number of hydrogen-bond donors (Lipinski definition) is 0. The monoisotopic (exact) mass is 119 g/mol. The summed E-state index contributed by atoms with van der Waals surface area (Å²) in [6.07, 6.45) is 3.03. The summed E-state index contributed by atoms with van der Waals surface area (Å²) >= 11 is 0. The average molecular weight is 119 g/mol. The molecule has 1 atom stereocenters. The van der Waals surface area contributed by atoms with Gasteiger partial charge >= 0.3 is 8.25 Å². The minimum atomic E-state index is -1.83. The third kappa shape index (κ3) is 1.26. The lowest BCUT2D eigenvalue weighted by molar-refractivity contribution is 0.278. The molecule has 0 aliphatic carbocycles. The van der Waals surface area contributed by atoms with E-state index in [1.54, 1.807) is 6.08 Å². The Morgan fingerprint density at radius 1 is 1.71 bits per heavy atom. The van der Waals surface area contributed by atoms with Crippen LogP contribution in [0, 0.1) is 0 Å². The summed E-state index contributed by atoms with van der Waals surface area (Å²) in [4.78, 5) is 0. The van der Waals surface area contributed by atoms with E-state index in [4.69, 9.17) is 0 Å². The second-order valence-electron chi connectivity index (χ2n) is 0.997. The lowest BCUT2D eigenvalue weighted by atomic mass is 10.7. The van der Waals surface area contributed by atoms with Crippen molar-refractivity contribution < 1.29 is 13.6 Å². The quantitative estimate of drug-likeness (QED) is 0.449. The van der Waals surface area contributed by atoms with Crippen molar-refractivity contribution >= 4 is 8.25 Å². The van der Waals surface area contributed by atoms with Crippen LogP contribution in [0.4, 0.5) is 0 Å². The van der Waals surface area contributed by atoms with Crippen LogP contribution in [0.5, 0.6) is 0 Å². The van der Waals surface area contributed by atoms with E-state index in [9.17, 15) is 4.57 Å². The minimum absolute atomic E-state index is 0.398. The van der Waals surface area contributed by atoms with Gasteiger partial charge in [0.05, 0.1) is 0 Å². The summed E-state index contributed by atoms with van der Waals surface area (Å²) < 4.78 is 19.0. The molecule has 0 fully saturated rings. The molecule has 1 aliphatic rings. The molecule has 7 heavy (non-hydrogen) atoms. The molecule has 1 unspecified atom stereocenters. The lowest BCUT2D eigenvalue weighted by Crippen LogP contribution is -1.86. The first-order valence-electron chi connectivity index (χ1n) is 1.81. The van der Waals surface area contributed by atoms with Crippen molar-refractivity contribution in [1.29, 1.82) is 0 Å². The van der Waals surface area contributed by atoms with E-state index in [2.05, 4.69) is 9.05 Å². The van der Waals surface area contributed by atoms with Crippen molar-refractivity contribution in [1.82, 2.24) is 0 Å². The van der Waals surface area contributed by atoms with Crippen LogP contribution in [-0.4, -0.2) is 6.61 Å². The van der Waals surface area contributed by atoms with Crippen molar-refractivity contribution in [3.05, 3.63) is 12.3 Å². The Kier molecular flexibility index (Phi) is 1.39. The topological polar surface area (TPSA) is 35.5 Å². The fourth-order valence-corrected chi connectivity index (χ4v) is 0.720. The molecule has 0 aromatic carbocycles. The van der Waals surface area contributed by atoms with Gasteiger partial charge in [0.15, 0.2) is 6.26 Å². The van der Waals surface area contributed by atoms with E-state index in [0.717, 1.165) is 0 Å². The normalized spacial score (nSPS) is 24.3. The maximum Gasteiger partial charge on any atom is 0.749 e. The average Bonchev–Trinajstić information content (AvgIpc) is 1.69. The molecule has 0 saturated heterocycles. The fraction of sp³-hybridized carbons (Fsp3) is 0.333. The molecular formula is C3H4O3P+. The van der Waals surface area contributed by atoms with Crippen LogP contribution in [0.2, 0.25) is 0 Å². The second-order valence-corrected chi connectivity index (χ2v) is 1.91. The Balaban J connectivity index is 2.47. The van der Waals surface area contributed by atoms with Gasteiger partial charge in [-0.25, -0.2) is 4.52 Å². The summed E-state index contributed by atoms with van der Waals surface area (Å²) in [5.41, 5.74) is 0. The van der Waals surface area contributed by atoms with Gasteiger partial charge in [-0.15, -0.1) is 4.52 Å². The van der Waals surface area contributed by atoms with E-state index in [-0.39, 0.29) is 0 Å². The molecule has 0 saturated carbocycles. The Bertz CT molecular complexity index is 109. The van der Waals surface area contributed by atoms with E-state index in [0.29, 0.717) is 6.61 Å². The number of rotatable bonds is 0. The van der Waals surface area contributed by atoms with Crippen LogP contribution in [0.15, 0.2) is 12.3 Å². The first-order chi connectivity index (χ1) is 3.39. The minimum Gasteiger partial charge on any atom is -0.238 e. The highest BCUT2D eigenvalue weighted by molar-refractivity contribution is 7.33. The highest BCUT2D eigenvalue weighted by Crippen LogP contribution is 2.26. The standard InChI is InChI=1S/C3H4O3P/c4-7-5-2-1-3-6-7/h1-2H,3H2/q+1. The largest absolute Gasteiger partial charge is 0.749 e. The Morgan fingerprint density at radius 3 is 2.86 bits per heavy atom. The first-order valence-corrected chi connectivity index (χ1v) is 2.91. The van der Waals surface area contributed by atoms with Gasteiger partial charge in [0, 0.05) is 4.57 Å². The maximum atomic E-state index is 10.1. The summed E-state index contributed by atoms with van der Waals surface area (Å²) in [6, 6.07) is 0. The Labute approximate surface area is 41.9 Å².